The number of thioether (sulfide) groups is 1. The summed E-state index contributed by atoms with van der Waals surface area (Å²) in [6, 6.07) is 18.0. The normalized spacial score (nSPS) is 11.0. The molecule has 0 fully saturated rings. The predicted octanol–water partition coefficient (Wildman–Crippen LogP) is 4.73. The second kappa shape index (κ2) is 8.90. The largest absolute Gasteiger partial charge is 0.318 e. The van der Waals surface area contributed by atoms with Crippen LogP contribution < -0.4 is 4.90 Å². The molecule has 2 aromatic carbocycles. The molecule has 1 aromatic heterocycles. The number of hydrogen-bond acceptors (Lipinski definition) is 3. The van der Waals surface area contributed by atoms with Crippen molar-refractivity contribution in [3.63, 3.8) is 0 Å². The van der Waals surface area contributed by atoms with E-state index in [1.165, 1.54) is 0 Å². The van der Waals surface area contributed by atoms with Crippen molar-refractivity contribution in [2.24, 2.45) is 0 Å². The average Bonchev–Trinajstić information content (AvgIpc) is 3.01. The molecule has 0 spiro atoms. The fourth-order valence-electron chi connectivity index (χ4n) is 3.08. The molecule has 3 rings (SSSR count). The van der Waals surface area contributed by atoms with Gasteiger partial charge < -0.3 is 9.47 Å². The van der Waals surface area contributed by atoms with E-state index in [1.807, 2.05) is 59.5 Å². The number of anilines is 1. The van der Waals surface area contributed by atoms with E-state index in [2.05, 4.69) is 17.7 Å². The quantitative estimate of drug-likeness (QED) is 0.577. The van der Waals surface area contributed by atoms with Crippen LogP contribution in [0.25, 0.3) is 11.0 Å². The Bertz CT molecular complexity index is 860. The zero-order chi connectivity index (χ0) is 18.4. The van der Waals surface area contributed by atoms with Crippen LogP contribution in [0.3, 0.4) is 0 Å². The Morgan fingerprint density at radius 1 is 1.12 bits per heavy atom. The first-order valence-electron chi connectivity index (χ1n) is 9.03. The highest BCUT2D eigenvalue weighted by Crippen LogP contribution is 2.21. The van der Waals surface area contributed by atoms with Crippen LogP contribution in [0.4, 0.5) is 5.69 Å². The molecule has 0 bridgehead atoms. The standard InChI is InChI=1S/C21H25N3OS/c1-3-4-14-23(17-10-6-5-7-11-17)21(25)15-24-19-13-9-8-12-18(19)22-20(24)16-26-2/h5-13H,3-4,14-16H2,1-2H3. The SMILES string of the molecule is CCCCN(C(=O)Cn1c(CSC)nc2ccccc21)c1ccccc1. The third-order valence-electron chi connectivity index (χ3n) is 4.40. The van der Waals surface area contributed by atoms with E-state index in [9.17, 15) is 4.79 Å². The van der Waals surface area contributed by atoms with Gasteiger partial charge in [-0.3, -0.25) is 4.79 Å². The van der Waals surface area contributed by atoms with Gasteiger partial charge in [-0.25, -0.2) is 4.98 Å². The zero-order valence-corrected chi connectivity index (χ0v) is 16.2. The van der Waals surface area contributed by atoms with Gasteiger partial charge in [-0.05, 0) is 36.9 Å². The van der Waals surface area contributed by atoms with Crippen molar-refractivity contribution in [2.75, 3.05) is 17.7 Å². The first kappa shape index (κ1) is 18.5. The number of benzene rings is 2. The highest BCUT2D eigenvalue weighted by Gasteiger charge is 2.19. The third kappa shape index (κ3) is 4.10. The van der Waals surface area contributed by atoms with Gasteiger partial charge in [0.05, 0.1) is 16.8 Å². The maximum atomic E-state index is 13.2. The molecule has 0 aliphatic heterocycles. The first-order chi connectivity index (χ1) is 12.7. The first-order valence-corrected chi connectivity index (χ1v) is 10.4. The minimum Gasteiger partial charge on any atom is -0.318 e. The number of carbonyl (C=O) groups is 1. The van der Waals surface area contributed by atoms with Crippen molar-refractivity contribution >= 4 is 34.4 Å². The molecule has 136 valence electrons. The van der Waals surface area contributed by atoms with Crippen LogP contribution in [0.1, 0.15) is 25.6 Å². The number of para-hydroxylation sites is 3. The van der Waals surface area contributed by atoms with E-state index in [0.717, 1.165) is 47.7 Å². The van der Waals surface area contributed by atoms with Gasteiger partial charge in [-0.15, -0.1) is 0 Å². The fraction of sp³-hybridized carbons (Fsp3) is 0.333. The Morgan fingerprint density at radius 3 is 2.58 bits per heavy atom. The van der Waals surface area contributed by atoms with E-state index in [-0.39, 0.29) is 5.91 Å². The number of amides is 1. The number of unbranched alkanes of at least 4 members (excludes halogenated alkanes) is 1. The minimum absolute atomic E-state index is 0.107. The molecule has 0 saturated carbocycles. The van der Waals surface area contributed by atoms with Gasteiger partial charge in [0, 0.05) is 12.2 Å². The topological polar surface area (TPSA) is 38.1 Å². The summed E-state index contributed by atoms with van der Waals surface area (Å²) in [7, 11) is 0. The fourth-order valence-corrected chi connectivity index (χ4v) is 3.56. The molecule has 3 aromatic rings. The number of imidazole rings is 1. The summed E-state index contributed by atoms with van der Waals surface area (Å²) in [5, 5.41) is 0. The lowest BCUT2D eigenvalue weighted by molar-refractivity contribution is -0.119. The van der Waals surface area contributed by atoms with E-state index >= 15 is 0 Å². The van der Waals surface area contributed by atoms with Crippen LogP contribution in [-0.4, -0.2) is 28.3 Å². The molecule has 1 heterocycles. The minimum atomic E-state index is 0.107. The predicted molar refractivity (Wildman–Crippen MR) is 111 cm³/mol. The molecule has 0 aliphatic carbocycles. The Morgan fingerprint density at radius 2 is 1.85 bits per heavy atom. The van der Waals surface area contributed by atoms with Crippen LogP contribution >= 0.6 is 11.8 Å². The van der Waals surface area contributed by atoms with Crippen molar-refractivity contribution in [3.8, 4) is 0 Å². The lowest BCUT2D eigenvalue weighted by atomic mass is 10.2. The summed E-state index contributed by atoms with van der Waals surface area (Å²) >= 11 is 1.72. The molecule has 0 radical (unpaired) electrons. The molecule has 0 atom stereocenters. The smallest absolute Gasteiger partial charge is 0.246 e. The second-order valence-electron chi connectivity index (χ2n) is 6.27. The molecule has 4 nitrogen and oxygen atoms in total. The number of fused-ring (bicyclic) bond motifs is 1. The maximum absolute atomic E-state index is 13.2. The molecular formula is C21H25N3OS. The lowest BCUT2D eigenvalue weighted by Crippen LogP contribution is -2.35. The second-order valence-corrected chi connectivity index (χ2v) is 7.14. The van der Waals surface area contributed by atoms with E-state index in [4.69, 9.17) is 4.98 Å². The number of rotatable bonds is 8. The Labute approximate surface area is 159 Å². The van der Waals surface area contributed by atoms with Crippen LogP contribution in [0.2, 0.25) is 0 Å². The summed E-state index contributed by atoms with van der Waals surface area (Å²) in [5.74, 6) is 1.85. The average molecular weight is 368 g/mol. The van der Waals surface area contributed by atoms with E-state index < -0.39 is 0 Å². The van der Waals surface area contributed by atoms with Gasteiger partial charge in [0.15, 0.2) is 0 Å². The number of aromatic nitrogens is 2. The van der Waals surface area contributed by atoms with Crippen LogP contribution in [0.15, 0.2) is 54.6 Å². The van der Waals surface area contributed by atoms with Crippen molar-refractivity contribution in [2.45, 2.75) is 32.1 Å². The molecular weight excluding hydrogens is 342 g/mol. The molecule has 0 N–H and O–H groups in total. The highest BCUT2D eigenvalue weighted by molar-refractivity contribution is 7.97. The molecule has 1 amide bonds. The number of carbonyl (C=O) groups excluding carboxylic acids is 1. The zero-order valence-electron chi connectivity index (χ0n) is 15.4. The Balaban J connectivity index is 1.91. The van der Waals surface area contributed by atoms with Gasteiger partial charge in [0.25, 0.3) is 0 Å². The van der Waals surface area contributed by atoms with E-state index in [0.29, 0.717) is 6.54 Å². The van der Waals surface area contributed by atoms with Crippen molar-refractivity contribution in [3.05, 3.63) is 60.4 Å². The van der Waals surface area contributed by atoms with Crippen LogP contribution in [0, 0.1) is 0 Å². The van der Waals surface area contributed by atoms with Gasteiger partial charge in [0.1, 0.15) is 12.4 Å². The van der Waals surface area contributed by atoms with E-state index in [1.54, 1.807) is 11.8 Å². The molecule has 0 unspecified atom stereocenters. The maximum Gasteiger partial charge on any atom is 0.246 e. The van der Waals surface area contributed by atoms with Gasteiger partial charge in [-0.1, -0.05) is 43.7 Å². The Kier molecular flexibility index (Phi) is 6.34. The third-order valence-corrected chi connectivity index (χ3v) is 4.95. The lowest BCUT2D eigenvalue weighted by Gasteiger charge is -2.23. The van der Waals surface area contributed by atoms with Gasteiger partial charge in [0.2, 0.25) is 5.91 Å². The van der Waals surface area contributed by atoms with Crippen molar-refractivity contribution in [1.29, 1.82) is 0 Å². The highest BCUT2D eigenvalue weighted by atomic mass is 32.2. The summed E-state index contributed by atoms with van der Waals surface area (Å²) in [4.78, 5) is 19.8. The number of hydrogen-bond donors (Lipinski definition) is 0. The van der Waals surface area contributed by atoms with Gasteiger partial charge in [-0.2, -0.15) is 11.8 Å². The molecule has 5 heteroatoms. The Hall–Kier alpha value is -2.27. The number of nitrogens with zero attached hydrogens (tertiary/aromatic N) is 3. The summed E-state index contributed by atoms with van der Waals surface area (Å²) in [5.41, 5.74) is 2.93. The van der Waals surface area contributed by atoms with Gasteiger partial charge >= 0.3 is 0 Å². The summed E-state index contributed by atoms with van der Waals surface area (Å²) in [6.07, 6.45) is 4.11. The summed E-state index contributed by atoms with van der Waals surface area (Å²) < 4.78 is 2.07. The molecule has 0 aliphatic rings. The molecule has 0 saturated heterocycles. The van der Waals surface area contributed by atoms with Crippen LogP contribution in [-0.2, 0) is 17.1 Å². The van der Waals surface area contributed by atoms with Crippen molar-refractivity contribution < 1.29 is 4.79 Å². The summed E-state index contributed by atoms with van der Waals surface area (Å²) in [6.45, 7) is 3.20. The van der Waals surface area contributed by atoms with Crippen LogP contribution in [0.5, 0.6) is 0 Å². The molecule has 26 heavy (non-hydrogen) atoms. The monoisotopic (exact) mass is 367 g/mol. The van der Waals surface area contributed by atoms with Crippen molar-refractivity contribution in [1.82, 2.24) is 9.55 Å².